The van der Waals surface area contributed by atoms with Gasteiger partial charge >= 0.3 is 0 Å². The Kier molecular flexibility index (Phi) is 10.0. The van der Waals surface area contributed by atoms with E-state index in [0.29, 0.717) is 40.5 Å². The van der Waals surface area contributed by atoms with Crippen molar-refractivity contribution in [2.75, 3.05) is 55.7 Å². The van der Waals surface area contributed by atoms with Gasteiger partial charge in [-0.15, -0.1) is 0 Å². The molecule has 10 nitrogen and oxygen atoms in total. The van der Waals surface area contributed by atoms with Gasteiger partial charge in [0, 0.05) is 55.7 Å². The van der Waals surface area contributed by atoms with Crippen LogP contribution in [0, 0.1) is 0 Å². The lowest BCUT2D eigenvalue weighted by atomic mass is 10.1. The van der Waals surface area contributed by atoms with Crippen LogP contribution in [0.5, 0.6) is 34.5 Å². The van der Waals surface area contributed by atoms with Gasteiger partial charge in [-0.05, 0) is 66.1 Å². The Morgan fingerprint density at radius 3 is 1.61 bits per heavy atom. The number of hydrogen-bond donors (Lipinski definition) is 1. The highest BCUT2D eigenvalue weighted by atomic mass is 16.5. The number of pyridine rings is 2. The summed E-state index contributed by atoms with van der Waals surface area (Å²) in [5.41, 5.74) is 5.87. The molecule has 0 spiro atoms. The molecular formula is C34H40N4O6. The Morgan fingerprint density at radius 1 is 0.659 bits per heavy atom. The van der Waals surface area contributed by atoms with E-state index in [1.54, 1.807) is 42.7 Å². The highest BCUT2D eigenvalue weighted by Crippen LogP contribution is 2.42. The fourth-order valence-corrected chi connectivity index (χ4v) is 5.59. The summed E-state index contributed by atoms with van der Waals surface area (Å²) < 4.78 is 33.1. The number of methoxy groups -OCH3 is 6. The maximum absolute atomic E-state index is 5.54. The highest BCUT2D eigenvalue weighted by molar-refractivity contribution is 5.70. The summed E-state index contributed by atoms with van der Waals surface area (Å²) in [6, 6.07) is 16.4. The molecule has 1 N–H and O–H groups in total. The lowest BCUT2D eigenvalue weighted by Crippen LogP contribution is -2.32. The van der Waals surface area contributed by atoms with E-state index in [2.05, 4.69) is 38.4 Å². The molecule has 0 unspecified atom stereocenters. The molecule has 2 aromatic carbocycles. The number of benzene rings is 2. The van der Waals surface area contributed by atoms with Gasteiger partial charge in [-0.3, -0.25) is 14.9 Å². The summed E-state index contributed by atoms with van der Waals surface area (Å²) >= 11 is 0. The van der Waals surface area contributed by atoms with Crippen LogP contribution in [0.1, 0.15) is 17.5 Å². The average molecular weight is 601 g/mol. The molecule has 0 aliphatic carbocycles. The third-order valence-electron chi connectivity index (χ3n) is 7.84. The van der Waals surface area contributed by atoms with E-state index in [-0.39, 0.29) is 0 Å². The minimum atomic E-state index is 0.393. The zero-order chi connectivity index (χ0) is 31.1. The maximum Gasteiger partial charge on any atom is 0.203 e. The van der Waals surface area contributed by atoms with Gasteiger partial charge in [-0.2, -0.15) is 0 Å². The van der Waals surface area contributed by atoms with Crippen LogP contribution in [0.25, 0.3) is 22.5 Å². The van der Waals surface area contributed by atoms with Crippen molar-refractivity contribution < 1.29 is 28.4 Å². The van der Waals surface area contributed by atoms with E-state index in [1.807, 2.05) is 42.7 Å². The molecule has 0 radical (unpaired) electrons. The number of likely N-dealkylation sites (tertiary alicyclic amines) is 1. The molecule has 1 aliphatic rings. The first-order chi connectivity index (χ1) is 21.5. The third kappa shape index (κ3) is 6.82. The molecule has 0 bridgehead atoms. The molecule has 2 aromatic heterocycles. The van der Waals surface area contributed by atoms with Crippen LogP contribution < -0.4 is 33.7 Å². The molecule has 0 amide bonds. The SMILES string of the molecule is COc1cc(-c2cc(CN[C@H]3CCN(Cc4ccnc(-c5cc(OC)c(OC)c(OC)c5)c4)C3)ccn2)cc(OC)c1OC. The van der Waals surface area contributed by atoms with Crippen LogP contribution in [0.4, 0.5) is 0 Å². The standard InChI is InChI=1S/C34H40N4O6/c1-39-29-15-24(16-30(40-2)33(29)43-5)27-13-22(7-10-35-27)19-37-26-9-12-38(21-26)20-23-8-11-36-28(14-23)25-17-31(41-3)34(44-6)32(18-25)42-4/h7-8,10-11,13-18,26,37H,9,12,19-21H2,1-6H3/t26-/m0/s1. The molecular weight excluding hydrogens is 560 g/mol. The molecule has 44 heavy (non-hydrogen) atoms. The maximum atomic E-state index is 5.54. The number of nitrogens with one attached hydrogen (secondary N) is 1. The summed E-state index contributed by atoms with van der Waals surface area (Å²) in [4.78, 5) is 11.7. The van der Waals surface area contributed by atoms with Gasteiger partial charge in [0.25, 0.3) is 0 Å². The number of ether oxygens (including phenoxy) is 6. The van der Waals surface area contributed by atoms with E-state index < -0.39 is 0 Å². The minimum Gasteiger partial charge on any atom is -0.493 e. The lowest BCUT2D eigenvalue weighted by molar-refractivity contribution is 0.320. The molecule has 232 valence electrons. The van der Waals surface area contributed by atoms with E-state index in [1.165, 1.54) is 5.56 Å². The molecule has 1 atom stereocenters. The van der Waals surface area contributed by atoms with Crippen molar-refractivity contribution in [3.63, 3.8) is 0 Å². The fraction of sp³-hybridized carbons (Fsp3) is 0.353. The van der Waals surface area contributed by atoms with Crippen LogP contribution in [0.2, 0.25) is 0 Å². The quantitative estimate of drug-likeness (QED) is 0.220. The van der Waals surface area contributed by atoms with Gasteiger partial charge < -0.3 is 33.7 Å². The number of nitrogens with zero attached hydrogens (tertiary/aromatic N) is 3. The topological polar surface area (TPSA) is 96.4 Å². The zero-order valence-corrected chi connectivity index (χ0v) is 26.2. The lowest BCUT2D eigenvalue weighted by Gasteiger charge is -2.18. The number of rotatable bonds is 13. The summed E-state index contributed by atoms with van der Waals surface area (Å²) in [5, 5.41) is 3.74. The summed E-state index contributed by atoms with van der Waals surface area (Å²) in [7, 11) is 9.66. The van der Waals surface area contributed by atoms with Crippen LogP contribution in [-0.2, 0) is 13.1 Å². The molecule has 0 saturated carbocycles. The van der Waals surface area contributed by atoms with Gasteiger partial charge in [0.15, 0.2) is 23.0 Å². The van der Waals surface area contributed by atoms with Crippen molar-refractivity contribution in [3.05, 3.63) is 72.1 Å². The molecule has 1 aliphatic heterocycles. The summed E-state index contributed by atoms with van der Waals surface area (Å²) in [5.74, 6) is 3.53. The second kappa shape index (κ2) is 14.3. The predicted octanol–water partition coefficient (Wildman–Crippen LogP) is 5.23. The van der Waals surface area contributed by atoms with Crippen molar-refractivity contribution in [3.8, 4) is 57.0 Å². The molecule has 4 aromatic rings. The van der Waals surface area contributed by atoms with Gasteiger partial charge in [-0.1, -0.05) is 0 Å². The first kappa shape index (κ1) is 30.9. The van der Waals surface area contributed by atoms with Crippen LogP contribution in [-0.4, -0.2) is 76.7 Å². The van der Waals surface area contributed by atoms with E-state index in [0.717, 1.165) is 60.7 Å². The molecule has 10 heteroatoms. The second-order valence-corrected chi connectivity index (χ2v) is 10.5. The van der Waals surface area contributed by atoms with Gasteiger partial charge in [0.2, 0.25) is 11.5 Å². The highest BCUT2D eigenvalue weighted by Gasteiger charge is 2.23. The Hall–Kier alpha value is -4.54. The van der Waals surface area contributed by atoms with Crippen molar-refractivity contribution >= 4 is 0 Å². The fourth-order valence-electron chi connectivity index (χ4n) is 5.59. The van der Waals surface area contributed by atoms with E-state index >= 15 is 0 Å². The second-order valence-electron chi connectivity index (χ2n) is 10.5. The smallest absolute Gasteiger partial charge is 0.203 e. The molecule has 5 rings (SSSR count). The number of aromatic nitrogens is 2. The van der Waals surface area contributed by atoms with Crippen LogP contribution in [0.3, 0.4) is 0 Å². The Bertz CT molecular complexity index is 1530. The Balaban J connectivity index is 1.21. The number of hydrogen-bond acceptors (Lipinski definition) is 10. The van der Waals surface area contributed by atoms with Gasteiger partial charge in [-0.25, -0.2) is 0 Å². The molecule has 1 fully saturated rings. The first-order valence-electron chi connectivity index (χ1n) is 14.5. The minimum absolute atomic E-state index is 0.393. The summed E-state index contributed by atoms with van der Waals surface area (Å²) in [6.45, 7) is 3.58. The van der Waals surface area contributed by atoms with Crippen molar-refractivity contribution in [2.24, 2.45) is 0 Å². The zero-order valence-electron chi connectivity index (χ0n) is 26.2. The van der Waals surface area contributed by atoms with Gasteiger partial charge in [0.1, 0.15) is 0 Å². The average Bonchev–Trinajstić information content (AvgIpc) is 3.52. The largest absolute Gasteiger partial charge is 0.493 e. The van der Waals surface area contributed by atoms with Crippen molar-refractivity contribution in [1.29, 1.82) is 0 Å². The van der Waals surface area contributed by atoms with Gasteiger partial charge in [0.05, 0.1) is 54.0 Å². The monoisotopic (exact) mass is 600 g/mol. The molecule has 3 heterocycles. The third-order valence-corrected chi connectivity index (χ3v) is 7.84. The summed E-state index contributed by atoms with van der Waals surface area (Å²) in [6.07, 6.45) is 4.77. The van der Waals surface area contributed by atoms with Crippen LogP contribution >= 0.6 is 0 Å². The van der Waals surface area contributed by atoms with E-state index in [4.69, 9.17) is 28.4 Å². The van der Waals surface area contributed by atoms with E-state index in [9.17, 15) is 0 Å². The molecule has 1 saturated heterocycles. The predicted molar refractivity (Wildman–Crippen MR) is 169 cm³/mol. The first-order valence-corrected chi connectivity index (χ1v) is 14.5. The normalized spacial score (nSPS) is 14.7. The Labute approximate surface area is 258 Å². The van der Waals surface area contributed by atoms with Crippen molar-refractivity contribution in [1.82, 2.24) is 20.2 Å². The Morgan fingerprint density at radius 2 is 1.14 bits per heavy atom. The van der Waals surface area contributed by atoms with Crippen molar-refractivity contribution in [2.45, 2.75) is 25.6 Å². The van der Waals surface area contributed by atoms with Crippen LogP contribution in [0.15, 0.2) is 60.9 Å².